The van der Waals surface area contributed by atoms with Gasteiger partial charge in [-0.15, -0.1) is 0 Å². The molecule has 2 heterocycles. The van der Waals surface area contributed by atoms with Crippen LogP contribution < -0.4 is 10.4 Å². The predicted octanol–water partition coefficient (Wildman–Crippen LogP) is 3.93. The highest BCUT2D eigenvalue weighted by Crippen LogP contribution is 2.43. The zero-order valence-electron chi connectivity index (χ0n) is 17.8. The summed E-state index contributed by atoms with van der Waals surface area (Å²) < 4.78 is 21.9. The number of tetrazole rings is 1. The Hall–Kier alpha value is -3.81. The summed E-state index contributed by atoms with van der Waals surface area (Å²) in [4.78, 5) is 16.6. The van der Waals surface area contributed by atoms with Gasteiger partial charge in [-0.25, -0.2) is 9.18 Å². The quantitative estimate of drug-likeness (QED) is 0.462. The molecule has 0 amide bonds. The summed E-state index contributed by atoms with van der Waals surface area (Å²) in [7, 11) is 1.58. The number of rotatable bonds is 6. The van der Waals surface area contributed by atoms with E-state index >= 15 is 0 Å². The summed E-state index contributed by atoms with van der Waals surface area (Å²) in [6.07, 6.45) is 3.47. The first-order valence-corrected chi connectivity index (χ1v) is 10.5. The molecule has 8 heteroatoms. The zero-order valence-corrected chi connectivity index (χ0v) is 17.8. The molecule has 0 atom stereocenters. The normalized spacial score (nSPS) is 13.3. The number of nitrogens with zero attached hydrogens (tertiary/aromatic N) is 5. The number of pyridine rings is 1. The summed E-state index contributed by atoms with van der Waals surface area (Å²) in [5, 5.41) is 7.87. The van der Waals surface area contributed by atoms with Crippen molar-refractivity contribution in [2.75, 3.05) is 0 Å². The molecule has 1 aliphatic carbocycles. The molecule has 0 N–H and O–H groups in total. The van der Waals surface area contributed by atoms with Crippen LogP contribution in [-0.2, 0) is 13.7 Å². The minimum absolute atomic E-state index is 0.300. The van der Waals surface area contributed by atoms with Crippen molar-refractivity contribution >= 4 is 0 Å². The second kappa shape index (κ2) is 8.03. The van der Waals surface area contributed by atoms with E-state index in [0.717, 1.165) is 35.3 Å². The van der Waals surface area contributed by atoms with Gasteiger partial charge in [-0.05, 0) is 83.6 Å². The molecule has 4 aromatic rings. The third-order valence-electron chi connectivity index (χ3n) is 5.72. The van der Waals surface area contributed by atoms with E-state index in [1.807, 2.05) is 37.3 Å². The van der Waals surface area contributed by atoms with Crippen LogP contribution in [0, 0.1) is 12.7 Å². The Morgan fingerprint density at radius 2 is 1.97 bits per heavy atom. The lowest BCUT2D eigenvalue weighted by Crippen LogP contribution is -2.23. The number of aryl methyl sites for hydroxylation is 2. The lowest BCUT2D eigenvalue weighted by molar-refractivity contribution is 0.302. The molecule has 1 fully saturated rings. The number of halogens is 1. The lowest BCUT2D eigenvalue weighted by Gasteiger charge is -2.16. The first-order chi connectivity index (χ1) is 15.5. The van der Waals surface area contributed by atoms with Crippen molar-refractivity contribution in [2.24, 2.45) is 7.05 Å². The summed E-state index contributed by atoms with van der Waals surface area (Å²) in [5.74, 6) is 0.852. The topological polar surface area (TPSA) is 74.8 Å². The van der Waals surface area contributed by atoms with Gasteiger partial charge in [0.15, 0.2) is 0 Å². The molecular formula is C24H22FN5O2. The second-order valence-electron chi connectivity index (χ2n) is 8.05. The van der Waals surface area contributed by atoms with Crippen molar-refractivity contribution in [2.45, 2.75) is 32.3 Å². The first-order valence-electron chi connectivity index (χ1n) is 10.5. The molecule has 0 unspecified atom stereocenters. The number of aromatic nitrogens is 5. The maximum Gasteiger partial charge on any atom is 0.368 e. The van der Waals surface area contributed by atoms with Crippen LogP contribution in [0.15, 0.2) is 59.5 Å². The Balaban J connectivity index is 1.45. The van der Waals surface area contributed by atoms with Crippen LogP contribution in [0.3, 0.4) is 0 Å². The standard InChI is InChI=1S/C24H22FN5O2/c1-15-12-17(21-10-9-18(25)13-26-21)8-11-23(15)32-14-20-19(16-6-7-16)4-3-5-22(20)30-24(31)29(2)27-28-30/h3-5,8-13,16H,6-7,14H2,1-2H3. The van der Waals surface area contributed by atoms with E-state index in [1.165, 1.54) is 27.2 Å². The fourth-order valence-corrected chi connectivity index (χ4v) is 3.86. The number of ether oxygens (including phenoxy) is 1. The number of benzene rings is 2. The molecule has 0 bridgehead atoms. The summed E-state index contributed by atoms with van der Waals surface area (Å²) in [5.41, 5.74) is 5.05. The Morgan fingerprint density at radius 3 is 2.62 bits per heavy atom. The van der Waals surface area contributed by atoms with E-state index in [-0.39, 0.29) is 11.5 Å². The molecule has 2 aromatic carbocycles. The van der Waals surface area contributed by atoms with Crippen LogP contribution in [-0.4, -0.2) is 24.8 Å². The van der Waals surface area contributed by atoms with Crippen molar-refractivity contribution in [1.29, 1.82) is 0 Å². The largest absolute Gasteiger partial charge is 0.489 e. The van der Waals surface area contributed by atoms with Gasteiger partial charge in [0.05, 0.1) is 17.6 Å². The van der Waals surface area contributed by atoms with Crippen molar-refractivity contribution in [1.82, 2.24) is 24.8 Å². The highest BCUT2D eigenvalue weighted by molar-refractivity contribution is 5.61. The van der Waals surface area contributed by atoms with E-state index in [1.54, 1.807) is 13.1 Å². The monoisotopic (exact) mass is 431 g/mol. The van der Waals surface area contributed by atoms with Crippen LogP contribution in [0.2, 0.25) is 0 Å². The first kappa shape index (κ1) is 20.1. The Kier molecular flexibility index (Phi) is 5.05. The van der Waals surface area contributed by atoms with Gasteiger partial charge in [-0.3, -0.25) is 4.98 Å². The molecule has 0 aliphatic heterocycles. The molecule has 0 radical (unpaired) electrons. The van der Waals surface area contributed by atoms with E-state index in [9.17, 15) is 9.18 Å². The molecule has 5 rings (SSSR count). The average Bonchev–Trinajstić information content (AvgIpc) is 3.59. The van der Waals surface area contributed by atoms with E-state index in [0.29, 0.717) is 23.9 Å². The minimum Gasteiger partial charge on any atom is -0.489 e. The number of hydrogen-bond acceptors (Lipinski definition) is 5. The van der Waals surface area contributed by atoms with Gasteiger partial charge in [0.2, 0.25) is 0 Å². The third kappa shape index (κ3) is 3.79. The smallest absolute Gasteiger partial charge is 0.368 e. The second-order valence-corrected chi connectivity index (χ2v) is 8.05. The van der Waals surface area contributed by atoms with Gasteiger partial charge in [-0.1, -0.05) is 12.1 Å². The fourth-order valence-electron chi connectivity index (χ4n) is 3.86. The maximum atomic E-state index is 13.2. The average molecular weight is 431 g/mol. The summed E-state index contributed by atoms with van der Waals surface area (Å²) >= 11 is 0. The molecule has 1 aliphatic rings. The molecule has 1 saturated carbocycles. The zero-order chi connectivity index (χ0) is 22.2. The highest BCUT2D eigenvalue weighted by atomic mass is 19.1. The highest BCUT2D eigenvalue weighted by Gasteiger charge is 2.28. The van der Waals surface area contributed by atoms with Crippen LogP contribution in [0.1, 0.15) is 35.4 Å². The van der Waals surface area contributed by atoms with Crippen molar-refractivity contribution < 1.29 is 9.13 Å². The summed E-state index contributed by atoms with van der Waals surface area (Å²) in [6, 6.07) is 14.7. The molecule has 0 spiro atoms. The molecule has 0 saturated heterocycles. The van der Waals surface area contributed by atoms with E-state index in [4.69, 9.17) is 4.74 Å². The van der Waals surface area contributed by atoms with Crippen LogP contribution in [0.4, 0.5) is 4.39 Å². The molecule has 7 nitrogen and oxygen atoms in total. The van der Waals surface area contributed by atoms with Gasteiger partial charge in [0.25, 0.3) is 0 Å². The lowest BCUT2D eigenvalue weighted by atomic mass is 10.0. The van der Waals surface area contributed by atoms with Gasteiger partial charge in [0.1, 0.15) is 18.2 Å². The number of hydrogen-bond donors (Lipinski definition) is 0. The Labute approximate surface area is 184 Å². The SMILES string of the molecule is Cc1cc(-c2ccc(F)cn2)ccc1OCc1c(C2CC2)cccc1-n1nnn(C)c1=O. The molecular weight excluding hydrogens is 409 g/mol. The third-order valence-corrected chi connectivity index (χ3v) is 5.72. The van der Waals surface area contributed by atoms with Crippen molar-refractivity contribution in [3.8, 4) is 22.7 Å². The fraction of sp³-hybridized carbons (Fsp3) is 0.250. The van der Waals surface area contributed by atoms with Crippen LogP contribution >= 0.6 is 0 Å². The van der Waals surface area contributed by atoms with Gasteiger partial charge < -0.3 is 4.74 Å². The van der Waals surface area contributed by atoms with Gasteiger partial charge in [0, 0.05) is 18.2 Å². The van der Waals surface area contributed by atoms with Crippen molar-refractivity contribution in [3.05, 3.63) is 87.7 Å². The molecule has 2 aromatic heterocycles. The maximum absolute atomic E-state index is 13.2. The Morgan fingerprint density at radius 1 is 1.12 bits per heavy atom. The van der Waals surface area contributed by atoms with E-state index in [2.05, 4.69) is 21.5 Å². The molecule has 162 valence electrons. The Bertz CT molecular complexity index is 1340. The van der Waals surface area contributed by atoms with Gasteiger partial charge >= 0.3 is 5.69 Å². The van der Waals surface area contributed by atoms with Gasteiger partial charge in [-0.2, -0.15) is 9.36 Å². The minimum atomic E-state index is -0.363. The summed E-state index contributed by atoms with van der Waals surface area (Å²) in [6.45, 7) is 2.27. The van der Waals surface area contributed by atoms with Crippen LogP contribution in [0.5, 0.6) is 5.75 Å². The van der Waals surface area contributed by atoms with E-state index < -0.39 is 0 Å². The van der Waals surface area contributed by atoms with Crippen molar-refractivity contribution in [3.63, 3.8) is 0 Å². The predicted molar refractivity (Wildman–Crippen MR) is 117 cm³/mol. The van der Waals surface area contributed by atoms with Crippen LogP contribution in [0.25, 0.3) is 16.9 Å². The molecule has 32 heavy (non-hydrogen) atoms.